The molecule has 1 spiro atoms. The number of allylic oxidation sites excluding steroid dienone is 1. The minimum atomic E-state index is -1.22. The van der Waals surface area contributed by atoms with Gasteiger partial charge in [0.2, 0.25) is 17.7 Å². The Balaban J connectivity index is 1.85. The molecule has 3 aliphatic heterocycles. The van der Waals surface area contributed by atoms with E-state index in [-0.39, 0.29) is 48.9 Å². The van der Waals surface area contributed by atoms with Crippen molar-refractivity contribution in [2.24, 2.45) is 11.8 Å². The second-order valence-corrected chi connectivity index (χ2v) is 11.3. The highest BCUT2D eigenvalue weighted by Gasteiger charge is 2.77. The molecule has 3 fully saturated rings. The maximum Gasteiger partial charge on any atom is 0.312 e. The summed E-state index contributed by atoms with van der Waals surface area (Å²) in [4.78, 5) is 55.6. The fourth-order valence-corrected chi connectivity index (χ4v) is 6.72. The molecule has 2 N–H and O–H groups in total. The van der Waals surface area contributed by atoms with Crippen LogP contribution in [0, 0.1) is 11.8 Å². The number of halogens is 1. The Kier molecular flexibility index (Phi) is 9.57. The zero-order chi connectivity index (χ0) is 27.5. The molecule has 11 heteroatoms. The summed E-state index contributed by atoms with van der Waals surface area (Å²) in [6.45, 7) is 12.8. The number of carbonyl (C=O) groups excluding carboxylic acids is 4. The molecule has 3 rings (SSSR count). The van der Waals surface area contributed by atoms with Gasteiger partial charge in [0.1, 0.15) is 17.7 Å². The lowest BCUT2D eigenvalue weighted by Gasteiger charge is -2.38. The number of hydrogen-bond acceptors (Lipinski definition) is 7. The number of hydrogen-bond donors (Lipinski definition) is 2. The molecular formula is C26H38BrN3O7. The quantitative estimate of drug-likeness (QED) is 0.189. The van der Waals surface area contributed by atoms with Gasteiger partial charge in [0, 0.05) is 30.4 Å². The standard InChI is InChI=1S/C26H38BrN3O7/c1-6-8-9-18(32)28-14-16(5)36-25(35)19-20-23(33)30(11-12-31)22(24(34)29(10-7-2)15(3)4)26(20)13-17(27)21(19)37-26/h6-7,15-17,19-22,31H,1-2,8-14H2,3-5H3,(H,28,32)/t16-,17?,19+,20-,21+,22+,26-/m0/s1. The first kappa shape index (κ1) is 29.3. The number of amides is 3. The van der Waals surface area contributed by atoms with Gasteiger partial charge in [-0.1, -0.05) is 28.1 Å². The summed E-state index contributed by atoms with van der Waals surface area (Å²) in [7, 11) is 0. The van der Waals surface area contributed by atoms with Crippen LogP contribution in [0.4, 0.5) is 0 Å². The second kappa shape index (κ2) is 12.1. The van der Waals surface area contributed by atoms with Crippen molar-refractivity contribution in [3.63, 3.8) is 0 Å². The molecule has 0 aromatic heterocycles. The maximum absolute atomic E-state index is 13.9. The molecular weight excluding hydrogens is 546 g/mol. The molecule has 0 aromatic carbocycles. The first-order chi connectivity index (χ1) is 17.5. The number of alkyl halides is 1. The molecule has 0 radical (unpaired) electrons. The van der Waals surface area contributed by atoms with E-state index >= 15 is 0 Å². The molecule has 3 amide bonds. The number of aliphatic hydroxyl groups is 1. The molecule has 2 bridgehead atoms. The summed E-state index contributed by atoms with van der Waals surface area (Å²) in [5.41, 5.74) is -1.22. The van der Waals surface area contributed by atoms with Crippen molar-refractivity contribution in [1.82, 2.24) is 15.1 Å². The Morgan fingerprint density at radius 3 is 2.62 bits per heavy atom. The average molecular weight is 585 g/mol. The molecule has 206 valence electrons. The highest BCUT2D eigenvalue weighted by atomic mass is 79.9. The molecule has 10 nitrogen and oxygen atoms in total. The number of likely N-dealkylation sites (tertiary alicyclic amines) is 1. The van der Waals surface area contributed by atoms with Crippen LogP contribution in [0.5, 0.6) is 0 Å². The fraction of sp³-hybridized carbons (Fsp3) is 0.692. The molecule has 3 heterocycles. The third kappa shape index (κ3) is 5.49. The monoisotopic (exact) mass is 583 g/mol. The van der Waals surface area contributed by atoms with E-state index in [0.717, 1.165) is 0 Å². The first-order valence-electron chi connectivity index (χ1n) is 12.8. The number of rotatable bonds is 13. The van der Waals surface area contributed by atoms with Gasteiger partial charge in [0.25, 0.3) is 0 Å². The van der Waals surface area contributed by atoms with Crippen molar-refractivity contribution >= 4 is 39.6 Å². The number of fused-ring (bicyclic) bond motifs is 1. The van der Waals surface area contributed by atoms with E-state index in [1.165, 1.54) is 4.90 Å². The van der Waals surface area contributed by atoms with Crippen LogP contribution >= 0.6 is 15.9 Å². The molecule has 1 unspecified atom stereocenters. The van der Waals surface area contributed by atoms with Gasteiger partial charge >= 0.3 is 5.97 Å². The van der Waals surface area contributed by atoms with Crippen LogP contribution in [-0.2, 0) is 28.7 Å². The summed E-state index contributed by atoms with van der Waals surface area (Å²) in [6, 6.07) is -1.14. The van der Waals surface area contributed by atoms with Crippen molar-refractivity contribution in [2.75, 3.05) is 26.2 Å². The van der Waals surface area contributed by atoms with Gasteiger partial charge in [-0.2, -0.15) is 0 Å². The smallest absolute Gasteiger partial charge is 0.312 e. The molecule has 3 aliphatic rings. The van der Waals surface area contributed by atoms with Crippen molar-refractivity contribution in [2.45, 2.75) is 74.8 Å². The third-order valence-electron chi connectivity index (χ3n) is 7.35. The zero-order valence-corrected chi connectivity index (χ0v) is 23.3. The van der Waals surface area contributed by atoms with Crippen LogP contribution in [0.25, 0.3) is 0 Å². The number of β-amino-alcohol motifs (C(OH)–C–C–N with tert-alkyl or cyclic N) is 1. The van der Waals surface area contributed by atoms with Gasteiger partial charge in [0.05, 0.1) is 31.1 Å². The Morgan fingerprint density at radius 1 is 1.32 bits per heavy atom. The average Bonchev–Trinajstić information content (AvgIpc) is 3.43. The van der Waals surface area contributed by atoms with Crippen molar-refractivity contribution in [3.05, 3.63) is 25.3 Å². The minimum absolute atomic E-state index is 0.0522. The van der Waals surface area contributed by atoms with Crippen LogP contribution < -0.4 is 5.32 Å². The van der Waals surface area contributed by atoms with Crippen LogP contribution in [0.3, 0.4) is 0 Å². The largest absolute Gasteiger partial charge is 0.460 e. The van der Waals surface area contributed by atoms with Gasteiger partial charge in [-0.3, -0.25) is 19.2 Å². The van der Waals surface area contributed by atoms with Gasteiger partial charge in [-0.05, 0) is 33.6 Å². The second-order valence-electron chi connectivity index (χ2n) is 10.2. The number of nitrogens with zero attached hydrogens (tertiary/aromatic N) is 2. The number of ether oxygens (including phenoxy) is 2. The van der Waals surface area contributed by atoms with Crippen molar-refractivity contribution < 1.29 is 33.8 Å². The number of carbonyl (C=O) groups is 4. The molecule has 0 aromatic rings. The van der Waals surface area contributed by atoms with E-state index in [9.17, 15) is 24.3 Å². The molecule has 7 atom stereocenters. The number of esters is 1. The third-order valence-corrected chi connectivity index (χ3v) is 8.19. The fourth-order valence-electron chi connectivity index (χ4n) is 5.78. The van der Waals surface area contributed by atoms with Crippen LogP contribution in [0.2, 0.25) is 0 Å². The van der Waals surface area contributed by atoms with Crippen LogP contribution in [-0.4, -0.2) is 99.6 Å². The van der Waals surface area contributed by atoms with E-state index in [1.807, 2.05) is 13.8 Å². The van der Waals surface area contributed by atoms with E-state index < -0.39 is 47.6 Å². The topological polar surface area (TPSA) is 125 Å². The Hall–Kier alpha value is -2.24. The van der Waals surface area contributed by atoms with E-state index in [1.54, 1.807) is 24.0 Å². The SMILES string of the molecule is C=CCCC(=O)NC[C@H](C)OC(=O)[C@H]1[C@@H]2O[C@@]3(CC2Br)[C@@H]1C(=O)N(CCO)[C@@H]3C(=O)N(CC=C)C(C)C. The van der Waals surface area contributed by atoms with Gasteiger partial charge in [-0.25, -0.2) is 0 Å². The van der Waals surface area contributed by atoms with Crippen molar-refractivity contribution in [3.8, 4) is 0 Å². The molecule has 0 aliphatic carbocycles. The first-order valence-corrected chi connectivity index (χ1v) is 13.7. The van der Waals surface area contributed by atoms with Gasteiger partial charge < -0.3 is 29.7 Å². The Morgan fingerprint density at radius 2 is 2.03 bits per heavy atom. The maximum atomic E-state index is 13.9. The highest BCUT2D eigenvalue weighted by Crippen LogP contribution is 2.60. The summed E-state index contributed by atoms with van der Waals surface area (Å²) in [5, 5.41) is 12.4. The van der Waals surface area contributed by atoms with Crippen LogP contribution in [0.1, 0.15) is 40.0 Å². The van der Waals surface area contributed by atoms with E-state index in [0.29, 0.717) is 19.3 Å². The van der Waals surface area contributed by atoms with E-state index in [4.69, 9.17) is 9.47 Å². The number of aliphatic hydroxyl groups excluding tert-OH is 1. The van der Waals surface area contributed by atoms with Crippen LogP contribution in [0.15, 0.2) is 25.3 Å². The molecule has 37 heavy (non-hydrogen) atoms. The zero-order valence-electron chi connectivity index (χ0n) is 21.7. The number of nitrogens with one attached hydrogen (secondary N) is 1. The predicted octanol–water partition coefficient (Wildman–Crippen LogP) is 1.16. The summed E-state index contributed by atoms with van der Waals surface area (Å²) in [6.07, 6.45) is 3.21. The minimum Gasteiger partial charge on any atom is -0.460 e. The Labute approximate surface area is 226 Å². The summed E-state index contributed by atoms with van der Waals surface area (Å²) < 4.78 is 12.1. The lowest BCUT2D eigenvalue weighted by Crippen LogP contribution is -2.58. The van der Waals surface area contributed by atoms with E-state index in [2.05, 4.69) is 34.4 Å². The van der Waals surface area contributed by atoms with Gasteiger partial charge in [-0.15, -0.1) is 13.2 Å². The summed E-state index contributed by atoms with van der Waals surface area (Å²) in [5.74, 6) is -3.31. The van der Waals surface area contributed by atoms with Crippen molar-refractivity contribution in [1.29, 1.82) is 0 Å². The summed E-state index contributed by atoms with van der Waals surface area (Å²) >= 11 is 3.61. The lowest BCUT2D eigenvalue weighted by molar-refractivity contribution is -0.159. The predicted molar refractivity (Wildman–Crippen MR) is 140 cm³/mol. The lowest BCUT2D eigenvalue weighted by atomic mass is 9.70. The molecule has 0 saturated carbocycles. The molecule has 3 saturated heterocycles. The highest BCUT2D eigenvalue weighted by molar-refractivity contribution is 9.09. The Bertz CT molecular complexity index is 928. The van der Waals surface area contributed by atoms with Gasteiger partial charge in [0.15, 0.2) is 0 Å². The normalized spacial score (nSPS) is 30.7.